The summed E-state index contributed by atoms with van der Waals surface area (Å²) in [6.45, 7) is 5.46. The molecule has 0 aliphatic rings. The number of ether oxygens (including phenoxy) is 2. The molecule has 9 heteroatoms. The van der Waals surface area contributed by atoms with Crippen molar-refractivity contribution in [2.45, 2.75) is 42.8 Å². The fraction of sp³-hybridized carbons (Fsp3) is 0.389. The first-order chi connectivity index (χ1) is 13.1. The zero-order valence-electron chi connectivity index (χ0n) is 15.5. The summed E-state index contributed by atoms with van der Waals surface area (Å²) in [4.78, 5) is 14.3. The molecule has 144 valence electrons. The quantitative estimate of drug-likeness (QED) is 0.430. The molecule has 3 rings (SSSR count). The fourth-order valence-electron chi connectivity index (χ4n) is 2.57. The van der Waals surface area contributed by atoms with Gasteiger partial charge in [-0.25, -0.2) is 9.97 Å². The van der Waals surface area contributed by atoms with Gasteiger partial charge in [0.25, 0.3) is 0 Å². The number of anilines is 1. The first-order valence-corrected chi connectivity index (χ1v) is 10.4. The van der Waals surface area contributed by atoms with Crippen LogP contribution >= 0.6 is 21.0 Å². The summed E-state index contributed by atoms with van der Waals surface area (Å²) in [6.07, 6.45) is 3.37. The summed E-state index contributed by atoms with van der Waals surface area (Å²) in [5, 5.41) is 0.734. The molecule has 0 saturated carbocycles. The molecule has 3 aromatic rings. The second kappa shape index (κ2) is 9.35. The van der Waals surface area contributed by atoms with Crippen LogP contribution in [0.15, 0.2) is 40.5 Å². The first kappa shape index (κ1) is 19.9. The minimum absolute atomic E-state index is 0.0443. The van der Waals surface area contributed by atoms with Crippen molar-refractivity contribution in [1.29, 1.82) is 0 Å². The topological polar surface area (TPSA) is 88.1 Å². The van der Waals surface area contributed by atoms with Crippen LogP contribution in [0, 0.1) is 0 Å². The SMILES string of the molecule is CCCOc1ccc(Sc2nc(N)nc3c2ncn3CC(C)OCP)cc1. The number of aromatic nitrogens is 4. The highest BCUT2D eigenvalue weighted by molar-refractivity contribution is 7.99. The molecule has 2 heterocycles. The van der Waals surface area contributed by atoms with E-state index in [0.717, 1.165) is 27.6 Å². The smallest absolute Gasteiger partial charge is 0.223 e. The normalized spacial score (nSPS) is 12.4. The zero-order chi connectivity index (χ0) is 19.2. The highest BCUT2D eigenvalue weighted by Gasteiger charge is 2.15. The number of hydrogen-bond donors (Lipinski definition) is 1. The number of hydrogen-bond acceptors (Lipinski definition) is 7. The summed E-state index contributed by atoms with van der Waals surface area (Å²) in [5.41, 5.74) is 7.39. The van der Waals surface area contributed by atoms with E-state index >= 15 is 0 Å². The van der Waals surface area contributed by atoms with E-state index in [0.29, 0.717) is 25.1 Å². The average Bonchev–Trinajstić information content (AvgIpc) is 3.04. The van der Waals surface area contributed by atoms with Gasteiger partial charge < -0.3 is 19.8 Å². The molecular weight excluding hydrogens is 381 g/mol. The Labute approximate surface area is 165 Å². The summed E-state index contributed by atoms with van der Waals surface area (Å²) < 4.78 is 13.2. The first-order valence-electron chi connectivity index (χ1n) is 8.81. The van der Waals surface area contributed by atoms with Crippen molar-refractivity contribution < 1.29 is 9.47 Å². The summed E-state index contributed by atoms with van der Waals surface area (Å²) in [7, 11) is 2.56. The van der Waals surface area contributed by atoms with Crippen molar-refractivity contribution in [2.75, 3.05) is 18.7 Å². The molecule has 0 aliphatic carbocycles. The van der Waals surface area contributed by atoms with Crippen molar-refractivity contribution >= 4 is 38.1 Å². The van der Waals surface area contributed by atoms with E-state index in [1.54, 1.807) is 6.33 Å². The molecule has 2 unspecified atom stereocenters. The number of nitrogens with zero attached hydrogens (tertiary/aromatic N) is 4. The van der Waals surface area contributed by atoms with E-state index < -0.39 is 0 Å². The van der Waals surface area contributed by atoms with Gasteiger partial charge in [-0.15, -0.1) is 9.24 Å². The van der Waals surface area contributed by atoms with Crippen LogP contribution in [-0.2, 0) is 11.3 Å². The highest BCUT2D eigenvalue weighted by atomic mass is 32.2. The molecule has 0 spiro atoms. The van der Waals surface area contributed by atoms with E-state index in [4.69, 9.17) is 15.2 Å². The van der Waals surface area contributed by atoms with E-state index in [1.807, 2.05) is 35.8 Å². The molecule has 2 atom stereocenters. The Hall–Kier alpha value is -1.89. The third-order valence-electron chi connectivity index (χ3n) is 3.79. The standard InChI is InChI=1S/C18H24N5O2PS/c1-3-8-24-13-4-6-14(7-5-13)27-17-15-16(21-18(19)22-17)23(10-20-15)9-12(2)25-11-26/h4-7,10,12H,3,8-9,11,26H2,1-2H3,(H2,19,21,22). The Morgan fingerprint density at radius 1 is 1.26 bits per heavy atom. The van der Waals surface area contributed by atoms with Gasteiger partial charge in [-0.1, -0.05) is 18.7 Å². The van der Waals surface area contributed by atoms with Crippen molar-refractivity contribution in [3.05, 3.63) is 30.6 Å². The Balaban J connectivity index is 1.83. The molecule has 7 nitrogen and oxygen atoms in total. The molecule has 1 aromatic carbocycles. The van der Waals surface area contributed by atoms with E-state index in [-0.39, 0.29) is 12.1 Å². The minimum atomic E-state index is 0.0443. The van der Waals surface area contributed by atoms with Gasteiger partial charge in [-0.3, -0.25) is 0 Å². The number of nitrogen functional groups attached to an aromatic ring is 1. The molecule has 0 saturated heterocycles. The summed E-state index contributed by atoms with van der Waals surface area (Å²) >= 11 is 1.51. The number of rotatable bonds is 9. The van der Waals surface area contributed by atoms with Gasteiger partial charge in [0.1, 0.15) is 16.3 Å². The maximum absolute atomic E-state index is 5.94. The maximum atomic E-state index is 5.94. The Morgan fingerprint density at radius 3 is 2.74 bits per heavy atom. The van der Waals surface area contributed by atoms with Crippen LogP contribution in [0.1, 0.15) is 20.3 Å². The van der Waals surface area contributed by atoms with Gasteiger partial charge in [-0.05, 0) is 37.6 Å². The van der Waals surface area contributed by atoms with Crippen LogP contribution in [0.3, 0.4) is 0 Å². The molecule has 0 radical (unpaired) electrons. The number of fused-ring (bicyclic) bond motifs is 1. The highest BCUT2D eigenvalue weighted by Crippen LogP contribution is 2.32. The lowest BCUT2D eigenvalue weighted by atomic mass is 10.3. The van der Waals surface area contributed by atoms with Crippen LogP contribution in [0.5, 0.6) is 5.75 Å². The molecule has 2 aromatic heterocycles. The van der Waals surface area contributed by atoms with Crippen molar-refractivity contribution in [3.63, 3.8) is 0 Å². The van der Waals surface area contributed by atoms with E-state index in [2.05, 4.69) is 31.1 Å². The molecule has 2 N–H and O–H groups in total. The van der Waals surface area contributed by atoms with Gasteiger partial charge in [0, 0.05) is 4.90 Å². The number of imidazole rings is 1. The summed E-state index contributed by atoms with van der Waals surface area (Å²) in [5.74, 6) is 1.09. The van der Waals surface area contributed by atoms with Crippen molar-refractivity contribution in [3.8, 4) is 5.75 Å². The van der Waals surface area contributed by atoms with Gasteiger partial charge in [-0.2, -0.15) is 4.98 Å². The van der Waals surface area contributed by atoms with Gasteiger partial charge >= 0.3 is 0 Å². The number of nitrogens with two attached hydrogens (primary N) is 1. The number of benzene rings is 1. The molecule has 0 bridgehead atoms. The van der Waals surface area contributed by atoms with Crippen molar-refractivity contribution in [2.24, 2.45) is 0 Å². The molecule has 0 aliphatic heterocycles. The minimum Gasteiger partial charge on any atom is -0.494 e. The summed E-state index contributed by atoms with van der Waals surface area (Å²) in [6, 6.07) is 7.93. The molecular formula is C18H24N5O2PS. The zero-order valence-corrected chi connectivity index (χ0v) is 17.4. The lowest BCUT2D eigenvalue weighted by Crippen LogP contribution is -2.15. The van der Waals surface area contributed by atoms with E-state index in [1.165, 1.54) is 11.8 Å². The molecule has 27 heavy (non-hydrogen) atoms. The maximum Gasteiger partial charge on any atom is 0.223 e. The van der Waals surface area contributed by atoms with Gasteiger partial charge in [0.2, 0.25) is 5.95 Å². The lowest BCUT2D eigenvalue weighted by Gasteiger charge is -2.12. The largest absolute Gasteiger partial charge is 0.494 e. The van der Waals surface area contributed by atoms with Crippen molar-refractivity contribution in [1.82, 2.24) is 19.5 Å². The van der Waals surface area contributed by atoms with Crippen LogP contribution < -0.4 is 10.5 Å². The van der Waals surface area contributed by atoms with Crippen LogP contribution in [-0.4, -0.2) is 38.6 Å². The van der Waals surface area contributed by atoms with Gasteiger partial charge in [0.05, 0.1) is 31.9 Å². The van der Waals surface area contributed by atoms with E-state index in [9.17, 15) is 0 Å². The Bertz CT molecular complexity index is 887. The fourth-order valence-corrected chi connectivity index (χ4v) is 3.77. The predicted molar refractivity (Wildman–Crippen MR) is 111 cm³/mol. The molecule has 0 amide bonds. The third-order valence-corrected chi connectivity index (χ3v) is 4.97. The second-order valence-electron chi connectivity index (χ2n) is 6.02. The second-order valence-corrected chi connectivity index (χ2v) is 7.42. The predicted octanol–water partition coefficient (Wildman–Crippen LogP) is 3.59. The average molecular weight is 405 g/mol. The third kappa shape index (κ3) is 5.09. The molecule has 0 fully saturated rings. The monoisotopic (exact) mass is 405 g/mol. The van der Waals surface area contributed by atoms with Crippen LogP contribution in [0.4, 0.5) is 5.95 Å². The van der Waals surface area contributed by atoms with Crippen LogP contribution in [0.2, 0.25) is 0 Å². The van der Waals surface area contributed by atoms with Gasteiger partial charge in [0.15, 0.2) is 5.65 Å². The lowest BCUT2D eigenvalue weighted by molar-refractivity contribution is 0.0912. The van der Waals surface area contributed by atoms with Crippen LogP contribution in [0.25, 0.3) is 11.2 Å². The Kier molecular flexibility index (Phi) is 6.88. The Morgan fingerprint density at radius 2 is 2.04 bits per heavy atom.